The Hall–Kier alpha value is -4.41. The van der Waals surface area contributed by atoms with Crippen LogP contribution in [-0.2, 0) is 11.4 Å². The molecule has 11 heteroatoms. The number of benzene rings is 2. The smallest absolute Gasteiger partial charge is 0.472 e. The van der Waals surface area contributed by atoms with Gasteiger partial charge in [0.1, 0.15) is 18.0 Å². The summed E-state index contributed by atoms with van der Waals surface area (Å²) in [6, 6.07) is 14.6. The summed E-state index contributed by atoms with van der Waals surface area (Å²) in [4.78, 5) is 43.9. The third kappa shape index (κ3) is 4.68. The van der Waals surface area contributed by atoms with E-state index in [1.807, 2.05) is 37.3 Å². The molecule has 4 aromatic rings. The van der Waals surface area contributed by atoms with Crippen LogP contribution in [0.15, 0.2) is 70.4 Å². The van der Waals surface area contributed by atoms with Crippen LogP contribution in [0.4, 0.5) is 24.5 Å². The number of ether oxygens (including phenoxy) is 1. The predicted molar refractivity (Wildman–Crippen MR) is 118 cm³/mol. The van der Waals surface area contributed by atoms with Gasteiger partial charge in [-0.3, -0.25) is 24.5 Å². The fourth-order valence-electron chi connectivity index (χ4n) is 3.43. The van der Waals surface area contributed by atoms with Crippen LogP contribution in [0.1, 0.15) is 11.3 Å². The monoisotopic (exact) mass is 470 g/mol. The first kappa shape index (κ1) is 22.8. The number of pyridine rings is 1. The molecule has 0 aliphatic rings. The Kier molecular flexibility index (Phi) is 5.93. The molecule has 4 rings (SSSR count). The van der Waals surface area contributed by atoms with Crippen molar-refractivity contribution in [2.75, 3.05) is 4.90 Å². The first-order valence-electron chi connectivity index (χ1n) is 9.95. The van der Waals surface area contributed by atoms with E-state index in [1.54, 1.807) is 4.98 Å². The van der Waals surface area contributed by atoms with Gasteiger partial charge in [0.05, 0.1) is 5.52 Å². The molecule has 0 aliphatic heterocycles. The highest BCUT2D eigenvalue weighted by molar-refractivity contribution is 6.03. The maximum atomic E-state index is 13.2. The number of rotatable bonds is 5. The van der Waals surface area contributed by atoms with Crippen LogP contribution in [-0.4, -0.2) is 27.0 Å². The number of halogens is 3. The first-order valence-corrected chi connectivity index (χ1v) is 9.95. The van der Waals surface area contributed by atoms with E-state index < -0.39 is 29.0 Å². The Morgan fingerprint density at radius 3 is 2.47 bits per heavy atom. The van der Waals surface area contributed by atoms with Crippen molar-refractivity contribution in [3.05, 3.63) is 92.9 Å². The lowest BCUT2D eigenvalue weighted by Crippen LogP contribution is -2.41. The Bertz CT molecular complexity index is 1480. The summed E-state index contributed by atoms with van der Waals surface area (Å²) in [7, 11) is 0. The second-order valence-corrected chi connectivity index (χ2v) is 7.32. The molecular formula is C23H17F3N4O4. The number of hydrogen-bond donors (Lipinski definition) is 2. The Morgan fingerprint density at radius 2 is 1.79 bits per heavy atom. The average molecular weight is 470 g/mol. The number of aromatic amines is 2. The van der Waals surface area contributed by atoms with Crippen LogP contribution >= 0.6 is 0 Å². The van der Waals surface area contributed by atoms with Gasteiger partial charge < -0.3 is 9.72 Å². The number of fused-ring (bicyclic) bond motifs is 1. The molecule has 0 atom stereocenters. The predicted octanol–water partition coefficient (Wildman–Crippen LogP) is 3.73. The number of aryl methyl sites for hydroxylation is 1. The topological polar surface area (TPSA) is 108 Å². The lowest BCUT2D eigenvalue weighted by Gasteiger charge is -2.23. The average Bonchev–Trinajstić information content (AvgIpc) is 2.79. The quantitative estimate of drug-likeness (QED) is 0.462. The summed E-state index contributed by atoms with van der Waals surface area (Å²) in [6.07, 6.45) is -4.52. The largest absolute Gasteiger partial charge is 0.489 e. The van der Waals surface area contributed by atoms with Gasteiger partial charge in [-0.1, -0.05) is 18.2 Å². The molecule has 0 radical (unpaired) electrons. The van der Waals surface area contributed by atoms with E-state index in [4.69, 9.17) is 4.74 Å². The van der Waals surface area contributed by atoms with Crippen LogP contribution in [0.5, 0.6) is 5.75 Å². The molecular weight excluding hydrogens is 453 g/mol. The zero-order valence-corrected chi connectivity index (χ0v) is 17.6. The van der Waals surface area contributed by atoms with Crippen molar-refractivity contribution in [3.8, 4) is 5.75 Å². The van der Waals surface area contributed by atoms with Crippen molar-refractivity contribution in [1.82, 2.24) is 15.0 Å². The molecule has 0 bridgehead atoms. The molecule has 2 N–H and O–H groups in total. The zero-order chi connectivity index (χ0) is 24.5. The van der Waals surface area contributed by atoms with E-state index >= 15 is 0 Å². The van der Waals surface area contributed by atoms with Gasteiger partial charge in [-0.05, 0) is 43.3 Å². The summed E-state index contributed by atoms with van der Waals surface area (Å²) < 4.78 is 45.5. The second-order valence-electron chi connectivity index (χ2n) is 7.32. The maximum Gasteiger partial charge on any atom is 0.472 e. The Labute approximate surface area is 189 Å². The van der Waals surface area contributed by atoms with Gasteiger partial charge in [0, 0.05) is 28.5 Å². The van der Waals surface area contributed by atoms with Gasteiger partial charge >= 0.3 is 17.8 Å². The number of nitrogens with zero attached hydrogens (tertiary/aromatic N) is 2. The number of amides is 1. The molecule has 1 amide bonds. The number of alkyl halides is 3. The summed E-state index contributed by atoms with van der Waals surface area (Å²) >= 11 is 0. The Morgan fingerprint density at radius 1 is 1.09 bits per heavy atom. The SMILES string of the molecule is Cc1cc(COc2ccc(N(C(=O)C(F)(F)F)c3c[nH]c(=O)[nH]c3=O)cc2)c2ccccc2n1. The van der Waals surface area contributed by atoms with Crippen LogP contribution in [0.2, 0.25) is 0 Å². The number of nitrogens with one attached hydrogen (secondary N) is 2. The maximum absolute atomic E-state index is 13.2. The molecule has 0 fully saturated rings. The van der Waals surface area contributed by atoms with Crippen molar-refractivity contribution < 1.29 is 22.7 Å². The molecule has 0 saturated heterocycles. The van der Waals surface area contributed by atoms with Crippen LogP contribution in [0.25, 0.3) is 10.9 Å². The molecule has 0 unspecified atom stereocenters. The third-order valence-corrected chi connectivity index (χ3v) is 4.91. The lowest BCUT2D eigenvalue weighted by atomic mass is 10.1. The third-order valence-electron chi connectivity index (χ3n) is 4.91. The normalized spacial score (nSPS) is 11.4. The number of aromatic nitrogens is 3. The molecule has 2 aromatic carbocycles. The Balaban J connectivity index is 1.63. The van der Waals surface area contributed by atoms with E-state index in [9.17, 15) is 27.6 Å². The van der Waals surface area contributed by atoms with Gasteiger partial charge in [-0.25, -0.2) is 4.79 Å². The highest BCUT2D eigenvalue weighted by atomic mass is 19.4. The van der Waals surface area contributed by atoms with Crippen molar-refractivity contribution in [3.63, 3.8) is 0 Å². The summed E-state index contributed by atoms with van der Waals surface area (Å²) in [6.45, 7) is 2.03. The van der Waals surface area contributed by atoms with Gasteiger partial charge in [-0.2, -0.15) is 13.2 Å². The molecule has 2 aromatic heterocycles. The van der Waals surface area contributed by atoms with Crippen LogP contribution < -0.4 is 20.9 Å². The summed E-state index contributed by atoms with van der Waals surface area (Å²) in [5, 5.41) is 0.906. The highest BCUT2D eigenvalue weighted by Gasteiger charge is 2.44. The second kappa shape index (κ2) is 8.85. The minimum atomic E-state index is -5.27. The first-order chi connectivity index (χ1) is 16.1. The number of carbonyl (C=O) groups excluding carboxylic acids is 1. The van der Waals surface area contributed by atoms with Crippen molar-refractivity contribution in [2.45, 2.75) is 19.7 Å². The minimum Gasteiger partial charge on any atom is -0.489 e. The molecule has 174 valence electrons. The number of carbonyl (C=O) groups is 1. The van der Waals surface area contributed by atoms with Gasteiger partial charge in [0.15, 0.2) is 0 Å². The van der Waals surface area contributed by atoms with E-state index in [2.05, 4.69) is 9.97 Å². The molecule has 34 heavy (non-hydrogen) atoms. The van der Waals surface area contributed by atoms with Crippen molar-refractivity contribution >= 4 is 28.2 Å². The van der Waals surface area contributed by atoms with E-state index in [0.717, 1.165) is 28.4 Å². The number of hydrogen-bond acceptors (Lipinski definition) is 5. The number of anilines is 2. The fraction of sp³-hybridized carbons (Fsp3) is 0.130. The van der Waals surface area contributed by atoms with Crippen LogP contribution in [0.3, 0.4) is 0 Å². The van der Waals surface area contributed by atoms with Gasteiger partial charge in [-0.15, -0.1) is 0 Å². The van der Waals surface area contributed by atoms with Crippen LogP contribution in [0, 0.1) is 6.92 Å². The summed E-state index contributed by atoms with van der Waals surface area (Å²) in [5.74, 6) is -1.96. The van der Waals surface area contributed by atoms with Gasteiger partial charge in [0.2, 0.25) is 0 Å². The zero-order valence-electron chi connectivity index (χ0n) is 17.6. The fourth-order valence-corrected chi connectivity index (χ4v) is 3.43. The van der Waals surface area contributed by atoms with Crippen molar-refractivity contribution in [1.29, 1.82) is 0 Å². The van der Waals surface area contributed by atoms with E-state index in [1.165, 1.54) is 24.3 Å². The molecule has 2 heterocycles. The lowest BCUT2D eigenvalue weighted by molar-refractivity contribution is -0.169. The number of para-hydroxylation sites is 1. The minimum absolute atomic E-state index is 0.175. The van der Waals surface area contributed by atoms with E-state index in [0.29, 0.717) is 5.75 Å². The number of H-pyrrole nitrogens is 2. The molecule has 0 saturated carbocycles. The molecule has 0 spiro atoms. The summed E-state index contributed by atoms with van der Waals surface area (Å²) in [5.41, 5.74) is -0.506. The van der Waals surface area contributed by atoms with Gasteiger partial charge in [0.25, 0.3) is 5.56 Å². The highest BCUT2D eigenvalue weighted by Crippen LogP contribution is 2.30. The standard InChI is InChI=1S/C23H17F3N4O4/c1-13-10-14(17-4-2-3-5-18(17)28-13)12-34-16-8-6-15(7-9-16)30(21(32)23(24,25)26)19-11-27-22(33)29-20(19)31/h2-11H,12H2,1H3,(H2,27,29,31,33). The molecule has 0 aliphatic carbocycles. The molecule has 8 nitrogen and oxygen atoms in total. The van der Waals surface area contributed by atoms with E-state index in [-0.39, 0.29) is 17.2 Å². The van der Waals surface area contributed by atoms with Crippen molar-refractivity contribution in [2.24, 2.45) is 0 Å².